The van der Waals surface area contributed by atoms with E-state index in [2.05, 4.69) is 10.2 Å². The maximum Gasteiger partial charge on any atom is 0.237 e. The number of aliphatic hydroxyl groups excluding tert-OH is 1. The highest BCUT2D eigenvalue weighted by Gasteiger charge is 2.21. The van der Waals surface area contributed by atoms with E-state index in [-0.39, 0.29) is 18.6 Å². The van der Waals surface area contributed by atoms with Gasteiger partial charge in [-0.15, -0.1) is 0 Å². The van der Waals surface area contributed by atoms with Crippen LogP contribution in [-0.2, 0) is 4.79 Å². The van der Waals surface area contributed by atoms with E-state index in [1.807, 2.05) is 14.0 Å². The van der Waals surface area contributed by atoms with E-state index in [1.165, 1.54) is 19.3 Å². The number of likely N-dealkylation sites (N-methyl/N-ethyl adjacent to an activating group) is 1. The normalized spacial score (nSPS) is 18.5. The highest BCUT2D eigenvalue weighted by atomic mass is 16.2. The highest BCUT2D eigenvalue weighted by Crippen LogP contribution is 2.17. The molecule has 4 nitrogen and oxygen atoms in total. The molecule has 0 aromatic carbocycles. The van der Waals surface area contributed by atoms with Gasteiger partial charge in [-0.05, 0) is 52.6 Å². The van der Waals surface area contributed by atoms with Crippen LogP contribution in [0.4, 0.5) is 0 Å². The SMILES string of the molecule is CC(C(=O)NC1CCCCC1)N(C)CCCCCO. The molecule has 0 aromatic heterocycles. The quantitative estimate of drug-likeness (QED) is 0.663. The predicted molar refractivity (Wildman–Crippen MR) is 78.0 cm³/mol. The number of aliphatic hydroxyl groups is 1. The van der Waals surface area contributed by atoms with Gasteiger partial charge in [-0.2, -0.15) is 0 Å². The zero-order valence-corrected chi connectivity index (χ0v) is 12.5. The summed E-state index contributed by atoms with van der Waals surface area (Å²) in [5.74, 6) is 0.163. The zero-order chi connectivity index (χ0) is 14.1. The Morgan fingerprint density at radius 1 is 1.26 bits per heavy atom. The second-order valence-electron chi connectivity index (χ2n) is 5.78. The van der Waals surface area contributed by atoms with Crippen LogP contribution in [0.2, 0.25) is 0 Å². The summed E-state index contributed by atoms with van der Waals surface area (Å²) in [4.78, 5) is 14.3. The Hall–Kier alpha value is -0.610. The average Bonchev–Trinajstić information content (AvgIpc) is 2.43. The van der Waals surface area contributed by atoms with Crippen LogP contribution < -0.4 is 5.32 Å². The number of nitrogens with zero attached hydrogens (tertiary/aromatic N) is 1. The predicted octanol–water partition coefficient (Wildman–Crippen LogP) is 1.92. The van der Waals surface area contributed by atoms with Gasteiger partial charge in [-0.25, -0.2) is 0 Å². The van der Waals surface area contributed by atoms with Crippen molar-refractivity contribution in [3.05, 3.63) is 0 Å². The fraction of sp³-hybridized carbons (Fsp3) is 0.933. The van der Waals surface area contributed by atoms with Gasteiger partial charge in [-0.3, -0.25) is 9.69 Å². The molecular formula is C15H30N2O2. The van der Waals surface area contributed by atoms with Crippen molar-refractivity contribution in [1.82, 2.24) is 10.2 Å². The number of hydrogen-bond donors (Lipinski definition) is 2. The van der Waals surface area contributed by atoms with Gasteiger partial charge in [0.15, 0.2) is 0 Å². The lowest BCUT2D eigenvalue weighted by molar-refractivity contribution is -0.126. The van der Waals surface area contributed by atoms with Crippen molar-refractivity contribution in [3.63, 3.8) is 0 Å². The maximum atomic E-state index is 12.1. The van der Waals surface area contributed by atoms with Gasteiger partial charge in [0, 0.05) is 12.6 Å². The third kappa shape index (κ3) is 6.39. The molecule has 1 amide bonds. The van der Waals surface area contributed by atoms with Crippen molar-refractivity contribution in [2.45, 2.75) is 70.4 Å². The lowest BCUT2D eigenvalue weighted by atomic mass is 9.95. The van der Waals surface area contributed by atoms with E-state index >= 15 is 0 Å². The Kier molecular flexibility index (Phi) is 8.07. The molecule has 19 heavy (non-hydrogen) atoms. The molecule has 1 rings (SSSR count). The van der Waals surface area contributed by atoms with Crippen LogP contribution in [0, 0.1) is 0 Å². The molecule has 4 heteroatoms. The Bertz CT molecular complexity index is 253. The molecule has 1 fully saturated rings. The Balaban J connectivity index is 2.21. The van der Waals surface area contributed by atoms with Gasteiger partial charge in [0.2, 0.25) is 5.91 Å². The van der Waals surface area contributed by atoms with Crippen molar-refractivity contribution in [3.8, 4) is 0 Å². The van der Waals surface area contributed by atoms with Gasteiger partial charge in [0.1, 0.15) is 0 Å². The molecule has 1 aliphatic carbocycles. The Morgan fingerprint density at radius 2 is 1.95 bits per heavy atom. The summed E-state index contributed by atoms with van der Waals surface area (Å²) in [5, 5.41) is 11.9. The van der Waals surface area contributed by atoms with Crippen molar-refractivity contribution in [2.24, 2.45) is 0 Å². The van der Waals surface area contributed by atoms with E-state index < -0.39 is 0 Å². The van der Waals surface area contributed by atoms with Crippen molar-refractivity contribution < 1.29 is 9.90 Å². The number of hydrogen-bond acceptors (Lipinski definition) is 3. The standard InChI is InChI=1S/C15H30N2O2/c1-13(17(2)11-7-4-8-12-18)15(19)16-14-9-5-3-6-10-14/h13-14,18H,3-12H2,1-2H3,(H,16,19). The minimum absolute atomic E-state index is 0.0592. The molecule has 112 valence electrons. The van der Waals surface area contributed by atoms with Crippen LogP contribution in [0.3, 0.4) is 0 Å². The summed E-state index contributed by atoms with van der Waals surface area (Å²) in [6.45, 7) is 3.16. The molecule has 0 saturated heterocycles. The molecule has 1 aliphatic rings. The first-order valence-corrected chi connectivity index (χ1v) is 7.76. The fourth-order valence-corrected chi connectivity index (χ4v) is 2.61. The first-order chi connectivity index (χ1) is 9.15. The largest absolute Gasteiger partial charge is 0.396 e. The van der Waals surface area contributed by atoms with Crippen LogP contribution in [0.25, 0.3) is 0 Å². The van der Waals surface area contributed by atoms with Crippen LogP contribution in [-0.4, -0.2) is 48.2 Å². The van der Waals surface area contributed by atoms with E-state index in [0.717, 1.165) is 38.6 Å². The van der Waals surface area contributed by atoms with E-state index in [4.69, 9.17) is 5.11 Å². The lowest BCUT2D eigenvalue weighted by Gasteiger charge is -2.28. The third-order valence-corrected chi connectivity index (χ3v) is 4.16. The van der Waals surface area contributed by atoms with E-state index in [0.29, 0.717) is 6.04 Å². The van der Waals surface area contributed by atoms with Gasteiger partial charge in [0.05, 0.1) is 6.04 Å². The Morgan fingerprint density at radius 3 is 2.58 bits per heavy atom. The number of carbonyl (C=O) groups is 1. The zero-order valence-electron chi connectivity index (χ0n) is 12.5. The van der Waals surface area contributed by atoms with Gasteiger partial charge in [0.25, 0.3) is 0 Å². The summed E-state index contributed by atoms with van der Waals surface area (Å²) in [7, 11) is 2.00. The van der Waals surface area contributed by atoms with Crippen LogP contribution >= 0.6 is 0 Å². The third-order valence-electron chi connectivity index (χ3n) is 4.16. The van der Waals surface area contributed by atoms with Crippen LogP contribution in [0.1, 0.15) is 58.3 Å². The monoisotopic (exact) mass is 270 g/mol. The van der Waals surface area contributed by atoms with Gasteiger partial charge < -0.3 is 10.4 Å². The average molecular weight is 270 g/mol. The number of unbranched alkanes of at least 4 members (excludes halogenated alkanes) is 2. The van der Waals surface area contributed by atoms with Gasteiger partial charge >= 0.3 is 0 Å². The van der Waals surface area contributed by atoms with E-state index in [9.17, 15) is 4.79 Å². The second-order valence-corrected chi connectivity index (χ2v) is 5.78. The summed E-state index contributed by atoms with van der Waals surface area (Å²) < 4.78 is 0. The number of rotatable bonds is 8. The smallest absolute Gasteiger partial charge is 0.237 e. The molecule has 0 heterocycles. The van der Waals surface area contributed by atoms with Crippen molar-refractivity contribution >= 4 is 5.91 Å². The fourth-order valence-electron chi connectivity index (χ4n) is 2.61. The number of carbonyl (C=O) groups excluding carboxylic acids is 1. The highest BCUT2D eigenvalue weighted by molar-refractivity contribution is 5.81. The first-order valence-electron chi connectivity index (χ1n) is 7.76. The summed E-state index contributed by atoms with van der Waals surface area (Å²) >= 11 is 0. The van der Waals surface area contributed by atoms with Crippen molar-refractivity contribution in [1.29, 1.82) is 0 Å². The Labute approximate surface area is 117 Å². The summed E-state index contributed by atoms with van der Waals surface area (Å²) in [6, 6.07) is 0.336. The lowest BCUT2D eigenvalue weighted by Crippen LogP contribution is -2.47. The van der Waals surface area contributed by atoms with Crippen LogP contribution in [0.15, 0.2) is 0 Å². The molecule has 1 saturated carbocycles. The first kappa shape index (κ1) is 16.4. The van der Waals surface area contributed by atoms with Crippen LogP contribution in [0.5, 0.6) is 0 Å². The van der Waals surface area contributed by atoms with Crippen molar-refractivity contribution in [2.75, 3.05) is 20.2 Å². The number of nitrogens with one attached hydrogen (secondary N) is 1. The summed E-state index contributed by atoms with van der Waals surface area (Å²) in [6.07, 6.45) is 9.00. The summed E-state index contributed by atoms with van der Waals surface area (Å²) in [5.41, 5.74) is 0. The molecule has 0 aromatic rings. The number of amides is 1. The van der Waals surface area contributed by atoms with Gasteiger partial charge in [-0.1, -0.05) is 19.3 Å². The minimum Gasteiger partial charge on any atom is -0.396 e. The topological polar surface area (TPSA) is 52.6 Å². The molecule has 2 N–H and O–H groups in total. The second kappa shape index (κ2) is 9.32. The molecule has 0 spiro atoms. The molecule has 1 unspecified atom stereocenters. The molecule has 0 aliphatic heterocycles. The molecule has 1 atom stereocenters. The van der Waals surface area contributed by atoms with E-state index in [1.54, 1.807) is 0 Å². The molecule has 0 bridgehead atoms. The minimum atomic E-state index is -0.0592. The molecular weight excluding hydrogens is 240 g/mol. The maximum absolute atomic E-state index is 12.1. The molecule has 0 radical (unpaired) electrons.